The highest BCUT2D eigenvalue weighted by Crippen LogP contribution is 2.20. The summed E-state index contributed by atoms with van der Waals surface area (Å²) in [5.41, 5.74) is 0.604. The van der Waals surface area contributed by atoms with Crippen molar-refractivity contribution in [2.45, 2.75) is 6.54 Å². The van der Waals surface area contributed by atoms with E-state index in [0.717, 1.165) is 0 Å². The zero-order valence-corrected chi connectivity index (χ0v) is 9.60. The van der Waals surface area contributed by atoms with Gasteiger partial charge in [0.25, 0.3) is 0 Å². The average molecular weight is 279 g/mol. The molecule has 1 aromatic carbocycles. The first-order valence-electron chi connectivity index (χ1n) is 3.93. The summed E-state index contributed by atoms with van der Waals surface area (Å²) in [5, 5.41) is 12.8. The summed E-state index contributed by atoms with van der Waals surface area (Å²) in [7, 11) is 0. The van der Waals surface area contributed by atoms with Crippen LogP contribution in [0.15, 0.2) is 18.2 Å². The lowest BCUT2D eigenvalue weighted by Gasteiger charge is -2.05. The number of carbonyl (C=O) groups is 1. The third-order valence-electron chi connectivity index (χ3n) is 1.64. The molecular weight excluding hydrogens is 269 g/mol. The van der Waals surface area contributed by atoms with Gasteiger partial charge in [0.15, 0.2) is 0 Å². The number of aromatic hydroxyl groups is 1. The van der Waals surface area contributed by atoms with Crippen LogP contribution >= 0.6 is 27.5 Å². The molecule has 1 rings (SSSR count). The highest BCUT2D eigenvalue weighted by molar-refractivity contribution is 9.09. The van der Waals surface area contributed by atoms with E-state index in [1.54, 1.807) is 12.1 Å². The summed E-state index contributed by atoms with van der Waals surface area (Å²) in [6.07, 6.45) is 0. The molecule has 0 aliphatic carbocycles. The fourth-order valence-electron chi connectivity index (χ4n) is 0.937. The summed E-state index contributed by atoms with van der Waals surface area (Å²) in [6.45, 7) is 0.275. The minimum Gasteiger partial charge on any atom is -0.508 e. The Hall–Kier alpha value is -0.740. The van der Waals surface area contributed by atoms with Gasteiger partial charge in [0.1, 0.15) is 5.75 Å². The third-order valence-corrected chi connectivity index (χ3v) is 2.38. The van der Waals surface area contributed by atoms with E-state index in [4.69, 9.17) is 11.6 Å². The van der Waals surface area contributed by atoms with Gasteiger partial charge in [0.05, 0.1) is 5.33 Å². The molecule has 2 N–H and O–H groups in total. The van der Waals surface area contributed by atoms with Crippen LogP contribution < -0.4 is 5.32 Å². The normalized spacial score (nSPS) is 9.86. The Morgan fingerprint density at radius 2 is 2.29 bits per heavy atom. The topological polar surface area (TPSA) is 49.3 Å². The summed E-state index contributed by atoms with van der Waals surface area (Å²) in [5.74, 6) is -0.00588. The number of halogens is 2. The van der Waals surface area contributed by atoms with E-state index in [1.165, 1.54) is 6.07 Å². The van der Waals surface area contributed by atoms with Crippen LogP contribution in [0.3, 0.4) is 0 Å². The van der Waals surface area contributed by atoms with Crippen molar-refractivity contribution in [3.05, 3.63) is 28.8 Å². The van der Waals surface area contributed by atoms with E-state index in [-0.39, 0.29) is 23.5 Å². The van der Waals surface area contributed by atoms with Crippen molar-refractivity contribution in [1.29, 1.82) is 0 Å². The molecule has 0 spiro atoms. The van der Waals surface area contributed by atoms with Gasteiger partial charge in [0.2, 0.25) is 5.91 Å². The number of phenolic OH excluding ortho intramolecular Hbond substituents is 1. The molecule has 5 heteroatoms. The molecule has 0 unspecified atom stereocenters. The zero-order valence-electron chi connectivity index (χ0n) is 7.26. The molecule has 76 valence electrons. The van der Waals surface area contributed by atoms with Crippen molar-refractivity contribution >= 4 is 33.4 Å². The van der Waals surface area contributed by atoms with Crippen LogP contribution in [-0.2, 0) is 11.3 Å². The first-order chi connectivity index (χ1) is 6.63. The maximum atomic E-state index is 10.9. The predicted octanol–water partition coefficient (Wildman–Crippen LogP) is 2.06. The van der Waals surface area contributed by atoms with Gasteiger partial charge >= 0.3 is 0 Å². The van der Waals surface area contributed by atoms with Crippen LogP contribution in [0.1, 0.15) is 5.56 Å². The molecule has 0 aromatic heterocycles. The molecular formula is C9H9BrClNO2. The molecule has 0 heterocycles. The van der Waals surface area contributed by atoms with Gasteiger partial charge in [-0.25, -0.2) is 0 Å². The smallest absolute Gasteiger partial charge is 0.230 e. The highest BCUT2D eigenvalue weighted by atomic mass is 79.9. The maximum Gasteiger partial charge on any atom is 0.230 e. The average Bonchev–Trinajstić information content (AvgIpc) is 2.19. The number of phenols is 1. The number of alkyl halides is 1. The second-order valence-corrected chi connectivity index (χ2v) is 3.68. The van der Waals surface area contributed by atoms with Crippen LogP contribution in [0, 0.1) is 0 Å². The molecule has 0 saturated carbocycles. The molecule has 0 radical (unpaired) electrons. The van der Waals surface area contributed by atoms with Crippen LogP contribution in [-0.4, -0.2) is 16.3 Å². The van der Waals surface area contributed by atoms with Gasteiger partial charge in [-0.3, -0.25) is 4.79 Å². The van der Waals surface area contributed by atoms with Gasteiger partial charge in [-0.15, -0.1) is 0 Å². The van der Waals surface area contributed by atoms with E-state index in [0.29, 0.717) is 10.6 Å². The Balaban J connectivity index is 2.66. The van der Waals surface area contributed by atoms with Crippen molar-refractivity contribution < 1.29 is 9.90 Å². The minimum atomic E-state index is -0.135. The predicted molar refractivity (Wildman–Crippen MR) is 58.8 cm³/mol. The minimum absolute atomic E-state index is 0.129. The van der Waals surface area contributed by atoms with E-state index >= 15 is 0 Å². The van der Waals surface area contributed by atoms with Crippen LogP contribution in [0.4, 0.5) is 0 Å². The molecule has 0 saturated heterocycles. The monoisotopic (exact) mass is 277 g/mol. The number of nitrogens with one attached hydrogen (secondary N) is 1. The lowest BCUT2D eigenvalue weighted by atomic mass is 10.2. The van der Waals surface area contributed by atoms with Crippen LogP contribution in [0.5, 0.6) is 5.75 Å². The van der Waals surface area contributed by atoms with Crippen molar-refractivity contribution in [3.8, 4) is 5.75 Å². The molecule has 14 heavy (non-hydrogen) atoms. The van der Waals surface area contributed by atoms with Crippen molar-refractivity contribution in [3.63, 3.8) is 0 Å². The number of carbonyl (C=O) groups excluding carboxylic acids is 1. The Bertz CT molecular complexity index is 344. The van der Waals surface area contributed by atoms with Crippen molar-refractivity contribution in [2.24, 2.45) is 0 Å². The van der Waals surface area contributed by atoms with Gasteiger partial charge in [0, 0.05) is 17.1 Å². The fraction of sp³-hybridized carbons (Fsp3) is 0.222. The molecule has 0 fully saturated rings. The molecule has 3 nitrogen and oxygen atoms in total. The molecule has 1 aromatic rings. The van der Waals surface area contributed by atoms with Crippen LogP contribution in [0.25, 0.3) is 0 Å². The van der Waals surface area contributed by atoms with Crippen LogP contribution in [0.2, 0.25) is 5.02 Å². The summed E-state index contributed by atoms with van der Waals surface area (Å²) >= 11 is 8.75. The number of benzene rings is 1. The number of hydrogen-bond acceptors (Lipinski definition) is 2. The van der Waals surface area contributed by atoms with E-state index in [9.17, 15) is 9.90 Å². The van der Waals surface area contributed by atoms with Gasteiger partial charge in [-0.1, -0.05) is 27.5 Å². The Kier molecular flexibility index (Phi) is 4.22. The van der Waals surface area contributed by atoms with Crippen molar-refractivity contribution in [2.75, 3.05) is 5.33 Å². The molecule has 1 amide bonds. The second kappa shape index (κ2) is 5.22. The Morgan fingerprint density at radius 3 is 2.93 bits per heavy atom. The standard InChI is InChI=1S/C9H9BrClNO2/c10-4-9(14)12-5-6-3-7(11)1-2-8(6)13/h1-3,13H,4-5H2,(H,12,14). The first-order valence-corrected chi connectivity index (χ1v) is 5.43. The number of amides is 1. The molecule has 0 atom stereocenters. The summed E-state index contributed by atoms with van der Waals surface area (Å²) < 4.78 is 0. The first kappa shape index (κ1) is 11.3. The number of hydrogen-bond donors (Lipinski definition) is 2. The Labute approximate surface area is 95.2 Å². The molecule has 0 bridgehead atoms. The summed E-state index contributed by atoms with van der Waals surface area (Å²) in [6, 6.07) is 4.70. The van der Waals surface area contributed by atoms with Gasteiger partial charge in [-0.2, -0.15) is 0 Å². The third kappa shape index (κ3) is 3.20. The summed E-state index contributed by atoms with van der Waals surface area (Å²) in [4.78, 5) is 10.9. The molecule has 0 aliphatic rings. The SMILES string of the molecule is O=C(CBr)NCc1cc(Cl)ccc1O. The highest BCUT2D eigenvalue weighted by Gasteiger charge is 2.03. The number of rotatable bonds is 3. The lowest BCUT2D eigenvalue weighted by Crippen LogP contribution is -2.23. The fourth-order valence-corrected chi connectivity index (χ4v) is 1.33. The Morgan fingerprint density at radius 1 is 1.57 bits per heavy atom. The molecule has 0 aliphatic heterocycles. The van der Waals surface area contributed by atoms with Gasteiger partial charge in [-0.05, 0) is 18.2 Å². The largest absolute Gasteiger partial charge is 0.508 e. The van der Waals surface area contributed by atoms with E-state index in [1.807, 2.05) is 0 Å². The van der Waals surface area contributed by atoms with Crippen molar-refractivity contribution in [1.82, 2.24) is 5.32 Å². The van der Waals surface area contributed by atoms with E-state index < -0.39 is 0 Å². The quantitative estimate of drug-likeness (QED) is 0.832. The van der Waals surface area contributed by atoms with Gasteiger partial charge < -0.3 is 10.4 Å². The maximum absolute atomic E-state index is 10.9. The van der Waals surface area contributed by atoms with E-state index in [2.05, 4.69) is 21.2 Å². The second-order valence-electron chi connectivity index (χ2n) is 2.68. The lowest BCUT2D eigenvalue weighted by molar-refractivity contribution is -0.118. The zero-order chi connectivity index (χ0) is 10.6.